The molecule has 0 aromatic heterocycles. The number of fused-ring (bicyclic) bond motifs is 1. The monoisotopic (exact) mass is 229 g/mol. The largest absolute Gasteiger partial charge is 0.481 e. The fourth-order valence-electron chi connectivity index (χ4n) is 2.47. The first-order valence-corrected chi connectivity index (χ1v) is 5.23. The first-order valence-electron chi connectivity index (χ1n) is 5.23. The normalized spacial score (nSPS) is 40.4. The van der Waals surface area contributed by atoms with Gasteiger partial charge < -0.3 is 19.9 Å². The van der Waals surface area contributed by atoms with Gasteiger partial charge in [0.25, 0.3) is 0 Å². The van der Waals surface area contributed by atoms with Crippen LogP contribution in [0.3, 0.4) is 0 Å². The Balaban J connectivity index is 2.18. The molecule has 2 N–H and O–H groups in total. The Morgan fingerprint density at radius 1 is 1.44 bits per heavy atom. The van der Waals surface area contributed by atoms with E-state index in [1.807, 2.05) is 0 Å². The third kappa shape index (κ3) is 1.78. The van der Waals surface area contributed by atoms with Crippen LogP contribution < -0.4 is 5.32 Å². The predicted molar refractivity (Wildman–Crippen MR) is 52.6 cm³/mol. The second kappa shape index (κ2) is 3.71. The Hall–Kier alpha value is -1.14. The molecule has 1 saturated heterocycles. The zero-order valence-corrected chi connectivity index (χ0v) is 9.17. The van der Waals surface area contributed by atoms with Gasteiger partial charge in [-0.1, -0.05) is 0 Å². The van der Waals surface area contributed by atoms with Gasteiger partial charge in [0, 0.05) is 0 Å². The smallest absolute Gasteiger partial charge is 0.309 e. The van der Waals surface area contributed by atoms with Crippen LogP contribution in [0.25, 0.3) is 0 Å². The zero-order valence-electron chi connectivity index (χ0n) is 9.17. The molecule has 16 heavy (non-hydrogen) atoms. The minimum absolute atomic E-state index is 0.287. The molecule has 6 heteroatoms. The summed E-state index contributed by atoms with van der Waals surface area (Å²) >= 11 is 0. The maximum atomic E-state index is 11.1. The van der Waals surface area contributed by atoms with E-state index in [2.05, 4.69) is 5.32 Å². The molecular formula is C10H15NO5. The van der Waals surface area contributed by atoms with Crippen LogP contribution in [0.4, 0.5) is 0 Å². The van der Waals surface area contributed by atoms with Crippen molar-refractivity contribution < 1.29 is 24.2 Å². The Labute approximate surface area is 92.9 Å². The van der Waals surface area contributed by atoms with Gasteiger partial charge in [0.1, 0.15) is 12.2 Å². The van der Waals surface area contributed by atoms with Gasteiger partial charge in [-0.05, 0) is 20.3 Å². The van der Waals surface area contributed by atoms with Crippen LogP contribution in [0.1, 0.15) is 20.3 Å². The lowest BCUT2D eigenvalue weighted by Crippen LogP contribution is -2.39. The van der Waals surface area contributed by atoms with Crippen LogP contribution in [0, 0.1) is 5.92 Å². The van der Waals surface area contributed by atoms with Crippen LogP contribution in [0.2, 0.25) is 0 Å². The highest BCUT2D eigenvalue weighted by molar-refractivity contribution is 5.72. The number of ether oxygens (including phenoxy) is 2. The fraction of sp³-hybridized carbons (Fsp3) is 0.800. The Morgan fingerprint density at radius 3 is 2.62 bits per heavy atom. The topological polar surface area (TPSA) is 84.9 Å². The first-order chi connectivity index (χ1) is 7.44. The van der Waals surface area contributed by atoms with Crippen molar-refractivity contribution in [3.05, 3.63) is 0 Å². The van der Waals surface area contributed by atoms with Crippen LogP contribution in [0.15, 0.2) is 0 Å². The van der Waals surface area contributed by atoms with Crippen LogP contribution >= 0.6 is 0 Å². The number of carbonyl (C=O) groups excluding carboxylic acids is 1. The minimum atomic E-state index is -0.911. The SMILES string of the molecule is CC1(C)O[C@@H]2[C@H](O1)[C@@H](C(=O)O)C[C@H]2NC=O. The van der Waals surface area contributed by atoms with E-state index in [1.165, 1.54) is 0 Å². The van der Waals surface area contributed by atoms with Gasteiger partial charge in [-0.2, -0.15) is 0 Å². The molecule has 2 fully saturated rings. The molecule has 1 heterocycles. The Bertz CT molecular complexity index is 316. The van der Waals surface area contributed by atoms with Gasteiger partial charge in [-0.25, -0.2) is 0 Å². The number of hydrogen-bond acceptors (Lipinski definition) is 4. The summed E-state index contributed by atoms with van der Waals surface area (Å²) in [4.78, 5) is 21.5. The molecule has 0 aromatic rings. The quantitative estimate of drug-likeness (QED) is 0.650. The summed E-state index contributed by atoms with van der Waals surface area (Å²) in [6.07, 6.45) is 0.0615. The van der Waals surface area contributed by atoms with E-state index in [0.717, 1.165) is 0 Å². The van der Waals surface area contributed by atoms with E-state index in [9.17, 15) is 9.59 Å². The number of hydrogen-bond donors (Lipinski definition) is 2. The van der Waals surface area contributed by atoms with Gasteiger partial charge in [0.15, 0.2) is 5.79 Å². The van der Waals surface area contributed by atoms with Crippen molar-refractivity contribution in [1.29, 1.82) is 0 Å². The average molecular weight is 229 g/mol. The lowest BCUT2D eigenvalue weighted by Gasteiger charge is -2.22. The van der Waals surface area contributed by atoms with Gasteiger partial charge in [-0.15, -0.1) is 0 Å². The molecule has 90 valence electrons. The number of aliphatic carboxylic acids is 1. The van der Waals surface area contributed by atoms with E-state index in [1.54, 1.807) is 13.8 Å². The standard InChI is InChI=1S/C10H15NO5/c1-10(2)15-7-5(9(13)14)3-6(11-4-12)8(7)16-10/h4-8H,3H2,1-2H3,(H,11,12)(H,13,14)/t5-,6+,7+,8-/m0/s1. The lowest BCUT2D eigenvalue weighted by molar-refractivity contribution is -0.167. The maximum absolute atomic E-state index is 11.1. The third-order valence-corrected chi connectivity index (χ3v) is 3.06. The fourth-order valence-corrected chi connectivity index (χ4v) is 2.47. The second-order valence-electron chi connectivity index (χ2n) is 4.64. The molecule has 0 bridgehead atoms. The van der Waals surface area contributed by atoms with Crippen molar-refractivity contribution in [3.63, 3.8) is 0 Å². The molecule has 1 saturated carbocycles. The maximum Gasteiger partial charge on any atom is 0.309 e. The number of carbonyl (C=O) groups is 2. The molecule has 1 aliphatic heterocycles. The molecule has 0 unspecified atom stereocenters. The molecule has 4 atom stereocenters. The summed E-state index contributed by atoms with van der Waals surface area (Å²) < 4.78 is 11.2. The van der Waals surface area contributed by atoms with E-state index in [4.69, 9.17) is 14.6 Å². The minimum Gasteiger partial charge on any atom is -0.481 e. The van der Waals surface area contributed by atoms with Crippen LogP contribution in [-0.2, 0) is 19.1 Å². The lowest BCUT2D eigenvalue weighted by atomic mass is 10.1. The number of carboxylic acids is 1. The van der Waals surface area contributed by atoms with Crippen molar-refractivity contribution in [2.24, 2.45) is 5.92 Å². The van der Waals surface area contributed by atoms with Crippen LogP contribution in [0.5, 0.6) is 0 Å². The van der Waals surface area contributed by atoms with Crippen molar-refractivity contribution in [3.8, 4) is 0 Å². The second-order valence-corrected chi connectivity index (χ2v) is 4.64. The molecule has 0 radical (unpaired) electrons. The van der Waals surface area contributed by atoms with Crippen molar-refractivity contribution in [1.82, 2.24) is 5.32 Å². The van der Waals surface area contributed by atoms with Gasteiger partial charge in [-0.3, -0.25) is 9.59 Å². The molecule has 2 rings (SSSR count). The molecule has 0 aromatic carbocycles. The highest BCUT2D eigenvalue weighted by atomic mass is 16.8. The summed E-state index contributed by atoms with van der Waals surface area (Å²) in [5.74, 6) is -2.32. The summed E-state index contributed by atoms with van der Waals surface area (Å²) in [6.45, 7) is 3.48. The first kappa shape index (κ1) is 11.3. The van der Waals surface area contributed by atoms with Gasteiger partial charge in [0.2, 0.25) is 6.41 Å². The van der Waals surface area contributed by atoms with Crippen molar-refractivity contribution >= 4 is 12.4 Å². The molecule has 1 amide bonds. The van der Waals surface area contributed by atoms with E-state index in [-0.39, 0.29) is 12.1 Å². The Morgan fingerprint density at radius 2 is 2.06 bits per heavy atom. The van der Waals surface area contributed by atoms with Crippen LogP contribution in [-0.4, -0.2) is 41.5 Å². The number of amides is 1. The molecule has 1 aliphatic carbocycles. The predicted octanol–water partition coefficient (Wildman–Crippen LogP) is -0.274. The molecule has 6 nitrogen and oxygen atoms in total. The Kier molecular flexibility index (Phi) is 2.63. The summed E-state index contributed by atoms with van der Waals surface area (Å²) in [6, 6.07) is -0.287. The average Bonchev–Trinajstić information content (AvgIpc) is 2.61. The summed E-state index contributed by atoms with van der Waals surface area (Å²) in [5, 5.41) is 11.7. The van der Waals surface area contributed by atoms with Gasteiger partial charge in [0.05, 0.1) is 12.0 Å². The van der Waals surface area contributed by atoms with E-state index >= 15 is 0 Å². The summed E-state index contributed by atoms with van der Waals surface area (Å²) in [5.41, 5.74) is 0. The third-order valence-electron chi connectivity index (χ3n) is 3.06. The summed E-state index contributed by atoms with van der Waals surface area (Å²) in [7, 11) is 0. The number of nitrogens with one attached hydrogen (secondary N) is 1. The zero-order chi connectivity index (χ0) is 11.9. The highest BCUT2D eigenvalue weighted by Gasteiger charge is 2.56. The molecule has 2 aliphatic rings. The van der Waals surface area contributed by atoms with Crippen molar-refractivity contribution in [2.75, 3.05) is 0 Å². The number of rotatable bonds is 3. The number of carboxylic acid groups (broad SMARTS) is 1. The van der Waals surface area contributed by atoms with Gasteiger partial charge >= 0.3 is 5.97 Å². The highest BCUT2D eigenvalue weighted by Crippen LogP contribution is 2.41. The van der Waals surface area contributed by atoms with Crippen molar-refractivity contribution in [2.45, 2.75) is 44.3 Å². The van der Waals surface area contributed by atoms with E-state index in [0.29, 0.717) is 12.8 Å². The van der Waals surface area contributed by atoms with E-state index < -0.39 is 23.8 Å². The molecular weight excluding hydrogens is 214 g/mol. The molecule has 0 spiro atoms.